The minimum atomic E-state index is -1.13. The molecular weight excluding hydrogens is 480 g/mol. The largest absolute Gasteiger partial charge is 0.480 e. The molecular formula is C26H42N4O5S. The highest BCUT2D eigenvalue weighted by atomic mass is 32.2. The smallest absolute Gasteiger partial charge is 0.326 e. The van der Waals surface area contributed by atoms with Gasteiger partial charge in [-0.05, 0) is 35.8 Å². The van der Waals surface area contributed by atoms with Gasteiger partial charge in [-0.3, -0.25) is 14.4 Å². The third kappa shape index (κ3) is 10.2. The van der Waals surface area contributed by atoms with Crippen LogP contribution in [0.3, 0.4) is 0 Å². The van der Waals surface area contributed by atoms with E-state index in [-0.39, 0.29) is 18.3 Å². The Kier molecular flexibility index (Phi) is 14.2. The summed E-state index contributed by atoms with van der Waals surface area (Å²) in [6.45, 7) is 7.34. The van der Waals surface area contributed by atoms with E-state index >= 15 is 0 Å². The second kappa shape index (κ2) is 16.2. The number of benzene rings is 1. The topological polar surface area (TPSA) is 151 Å². The molecule has 0 heterocycles. The summed E-state index contributed by atoms with van der Waals surface area (Å²) in [5.74, 6) is -2.45. The lowest BCUT2D eigenvalue weighted by Gasteiger charge is -2.28. The normalized spacial score (nSPS) is 16.1. The molecule has 0 aromatic heterocycles. The van der Waals surface area contributed by atoms with Gasteiger partial charge in [-0.15, -0.1) is 0 Å². The molecule has 0 aliphatic rings. The molecule has 0 spiro atoms. The molecule has 0 saturated carbocycles. The van der Waals surface area contributed by atoms with Crippen LogP contribution in [0.1, 0.15) is 52.5 Å². The number of carbonyl (C=O) groups excluding carboxylic acids is 3. The molecule has 0 radical (unpaired) electrons. The van der Waals surface area contributed by atoms with Crippen LogP contribution in [0.4, 0.5) is 0 Å². The van der Waals surface area contributed by atoms with Crippen molar-refractivity contribution in [2.75, 3.05) is 12.0 Å². The predicted octanol–water partition coefficient (Wildman–Crippen LogP) is 1.94. The molecule has 1 aromatic rings. The zero-order chi connectivity index (χ0) is 27.3. The molecule has 0 bridgehead atoms. The summed E-state index contributed by atoms with van der Waals surface area (Å²) in [5.41, 5.74) is 6.80. The molecule has 10 heteroatoms. The Balaban J connectivity index is 3.14. The van der Waals surface area contributed by atoms with E-state index in [9.17, 15) is 24.3 Å². The summed E-state index contributed by atoms with van der Waals surface area (Å²) in [6, 6.07) is 5.40. The second-order valence-electron chi connectivity index (χ2n) is 9.22. The molecule has 36 heavy (non-hydrogen) atoms. The van der Waals surface area contributed by atoms with Gasteiger partial charge in [0.2, 0.25) is 17.7 Å². The summed E-state index contributed by atoms with van der Waals surface area (Å²) in [4.78, 5) is 51.0. The maximum Gasteiger partial charge on any atom is 0.326 e. The number of carboxylic acid groups (broad SMARTS) is 1. The number of aliphatic carboxylic acids is 1. The summed E-state index contributed by atoms with van der Waals surface area (Å²) in [7, 11) is 0. The molecule has 6 atom stereocenters. The van der Waals surface area contributed by atoms with Crippen molar-refractivity contribution in [3.8, 4) is 0 Å². The number of nitrogens with two attached hydrogens (primary N) is 1. The van der Waals surface area contributed by atoms with Gasteiger partial charge in [0.05, 0.1) is 6.04 Å². The molecule has 1 rings (SSSR count). The SMILES string of the molecule is CCC(C)C(NC(=O)C(Cc1ccccc1)NC(=O)C(NC(=O)C(N)CCSC)C(C)CC)C(=O)O. The highest BCUT2D eigenvalue weighted by molar-refractivity contribution is 7.98. The van der Waals surface area contributed by atoms with Gasteiger partial charge in [-0.25, -0.2) is 4.79 Å². The van der Waals surface area contributed by atoms with Gasteiger partial charge < -0.3 is 26.8 Å². The van der Waals surface area contributed by atoms with Crippen LogP contribution in [0.2, 0.25) is 0 Å². The highest BCUT2D eigenvalue weighted by Gasteiger charge is 2.33. The number of nitrogens with one attached hydrogen (secondary N) is 3. The number of hydrogen-bond donors (Lipinski definition) is 5. The van der Waals surface area contributed by atoms with Crippen LogP contribution in [-0.4, -0.2) is 65.0 Å². The number of amides is 3. The fourth-order valence-electron chi connectivity index (χ4n) is 3.60. The number of hydrogen-bond acceptors (Lipinski definition) is 6. The van der Waals surface area contributed by atoms with E-state index in [0.717, 1.165) is 11.3 Å². The molecule has 1 aromatic carbocycles. The fraction of sp³-hybridized carbons (Fsp3) is 0.615. The van der Waals surface area contributed by atoms with Crippen molar-refractivity contribution >= 4 is 35.5 Å². The third-order valence-electron chi connectivity index (χ3n) is 6.46. The van der Waals surface area contributed by atoms with Gasteiger partial charge >= 0.3 is 5.97 Å². The summed E-state index contributed by atoms with van der Waals surface area (Å²) in [5, 5.41) is 17.7. The van der Waals surface area contributed by atoms with Crippen LogP contribution in [0.5, 0.6) is 0 Å². The average Bonchev–Trinajstić information content (AvgIpc) is 2.87. The van der Waals surface area contributed by atoms with Gasteiger partial charge in [0, 0.05) is 6.42 Å². The number of thioether (sulfide) groups is 1. The zero-order valence-electron chi connectivity index (χ0n) is 22.0. The van der Waals surface area contributed by atoms with Crippen molar-refractivity contribution in [2.45, 2.75) is 77.5 Å². The van der Waals surface area contributed by atoms with E-state index < -0.39 is 47.9 Å². The molecule has 0 saturated heterocycles. The minimum absolute atomic E-state index is 0.166. The lowest BCUT2D eigenvalue weighted by atomic mass is 9.96. The summed E-state index contributed by atoms with van der Waals surface area (Å²) < 4.78 is 0. The Hall–Kier alpha value is -2.59. The second-order valence-corrected chi connectivity index (χ2v) is 10.2. The first-order valence-electron chi connectivity index (χ1n) is 12.5. The molecule has 3 amide bonds. The van der Waals surface area contributed by atoms with E-state index in [4.69, 9.17) is 5.73 Å². The quantitative estimate of drug-likeness (QED) is 0.223. The average molecular weight is 523 g/mol. The Morgan fingerprint density at radius 2 is 1.44 bits per heavy atom. The van der Waals surface area contributed by atoms with Crippen LogP contribution in [0, 0.1) is 11.8 Å². The van der Waals surface area contributed by atoms with E-state index in [1.54, 1.807) is 18.7 Å². The molecule has 0 aliphatic heterocycles. The maximum absolute atomic E-state index is 13.4. The Morgan fingerprint density at radius 3 is 1.97 bits per heavy atom. The predicted molar refractivity (Wildman–Crippen MR) is 143 cm³/mol. The molecule has 6 N–H and O–H groups in total. The van der Waals surface area contributed by atoms with Gasteiger partial charge in [0.1, 0.15) is 18.1 Å². The van der Waals surface area contributed by atoms with Gasteiger partial charge in [-0.2, -0.15) is 11.8 Å². The third-order valence-corrected chi connectivity index (χ3v) is 7.10. The standard InChI is InChI=1S/C26H42N4O5S/c1-6-16(3)21(29-23(31)19(27)13-14-36-5)25(33)28-20(15-18-11-9-8-10-12-18)24(32)30-22(26(34)35)17(4)7-2/h8-12,16-17,19-22H,6-7,13-15,27H2,1-5H3,(H,28,33)(H,29,31)(H,30,32)(H,34,35). The number of rotatable bonds is 16. The highest BCUT2D eigenvalue weighted by Crippen LogP contribution is 2.12. The Bertz CT molecular complexity index is 854. The molecule has 202 valence electrons. The molecule has 0 aliphatic carbocycles. The van der Waals surface area contributed by atoms with Gasteiger partial charge in [-0.1, -0.05) is 70.9 Å². The minimum Gasteiger partial charge on any atom is -0.480 e. The van der Waals surface area contributed by atoms with E-state index in [0.29, 0.717) is 19.3 Å². The summed E-state index contributed by atoms with van der Waals surface area (Å²) in [6.07, 6.45) is 3.75. The van der Waals surface area contributed by atoms with Crippen LogP contribution >= 0.6 is 11.8 Å². The van der Waals surface area contributed by atoms with Gasteiger partial charge in [0.25, 0.3) is 0 Å². The van der Waals surface area contributed by atoms with Crippen molar-refractivity contribution < 1.29 is 24.3 Å². The van der Waals surface area contributed by atoms with Crippen molar-refractivity contribution in [1.82, 2.24) is 16.0 Å². The molecule has 9 nitrogen and oxygen atoms in total. The van der Waals surface area contributed by atoms with Crippen LogP contribution in [0.25, 0.3) is 0 Å². The van der Waals surface area contributed by atoms with Gasteiger partial charge in [0.15, 0.2) is 0 Å². The first-order valence-corrected chi connectivity index (χ1v) is 13.9. The number of carbonyl (C=O) groups is 4. The first kappa shape index (κ1) is 31.4. The van der Waals surface area contributed by atoms with Crippen molar-refractivity contribution in [1.29, 1.82) is 0 Å². The fourth-order valence-corrected chi connectivity index (χ4v) is 4.09. The summed E-state index contributed by atoms with van der Waals surface area (Å²) >= 11 is 1.58. The Labute approximate surface area is 218 Å². The van der Waals surface area contributed by atoms with E-state index in [1.807, 2.05) is 57.4 Å². The van der Waals surface area contributed by atoms with E-state index in [2.05, 4.69) is 16.0 Å². The lowest BCUT2D eigenvalue weighted by molar-refractivity contribution is -0.143. The number of carboxylic acids is 1. The first-order chi connectivity index (χ1) is 17.0. The monoisotopic (exact) mass is 522 g/mol. The van der Waals surface area contributed by atoms with Crippen molar-refractivity contribution in [3.63, 3.8) is 0 Å². The maximum atomic E-state index is 13.4. The van der Waals surface area contributed by atoms with Crippen molar-refractivity contribution in [3.05, 3.63) is 35.9 Å². The van der Waals surface area contributed by atoms with Crippen LogP contribution < -0.4 is 21.7 Å². The lowest BCUT2D eigenvalue weighted by Crippen LogP contribution is -2.59. The van der Waals surface area contributed by atoms with Crippen LogP contribution in [-0.2, 0) is 25.6 Å². The molecule has 0 fully saturated rings. The Morgan fingerprint density at radius 1 is 0.889 bits per heavy atom. The molecule has 6 unspecified atom stereocenters. The van der Waals surface area contributed by atoms with E-state index in [1.165, 1.54) is 0 Å². The zero-order valence-corrected chi connectivity index (χ0v) is 22.8. The van der Waals surface area contributed by atoms with Crippen LogP contribution in [0.15, 0.2) is 30.3 Å². The van der Waals surface area contributed by atoms with Crippen molar-refractivity contribution in [2.24, 2.45) is 17.6 Å².